The van der Waals surface area contributed by atoms with Crippen molar-refractivity contribution in [3.8, 4) is 5.88 Å². The highest BCUT2D eigenvalue weighted by atomic mass is 19.4. The number of nitrogens with two attached hydrogens (primary N) is 1. The summed E-state index contributed by atoms with van der Waals surface area (Å²) in [5.41, 5.74) is 0.385. The molecule has 0 aliphatic heterocycles. The maximum Gasteiger partial charge on any atom is 0.433 e. The van der Waals surface area contributed by atoms with Gasteiger partial charge >= 0.3 is 12.4 Å². The number of nitrogens with zero attached hydrogens (tertiary/aromatic N) is 2. The highest BCUT2D eigenvalue weighted by molar-refractivity contribution is 5.30. The number of anilines is 1. The highest BCUT2D eigenvalue weighted by Gasteiger charge is 2.34. The average Bonchev–Trinajstić information content (AvgIpc) is 2.25. The van der Waals surface area contributed by atoms with Gasteiger partial charge in [-0.1, -0.05) is 0 Å². The number of hydrogen-bond donors (Lipinski definition) is 2. The van der Waals surface area contributed by atoms with Gasteiger partial charge in [0.1, 0.15) is 0 Å². The number of nitrogens with one attached hydrogen (secondary N) is 1. The quantitative estimate of drug-likeness (QED) is 0.505. The van der Waals surface area contributed by atoms with Crippen LogP contribution in [-0.2, 0) is 6.18 Å². The molecule has 11 heteroatoms. The molecule has 1 heterocycles. The molecular formula is C8H8F6N4O. The van der Waals surface area contributed by atoms with Gasteiger partial charge in [-0.05, 0) is 0 Å². The first kappa shape index (κ1) is 15.3. The predicted molar refractivity (Wildman–Crippen MR) is 51.0 cm³/mol. The molecule has 0 amide bonds. The lowest BCUT2D eigenvalue weighted by atomic mass is 10.4. The predicted octanol–water partition coefficient (Wildman–Crippen LogP) is 2.11. The van der Waals surface area contributed by atoms with Crippen molar-refractivity contribution in [3.63, 3.8) is 0 Å². The molecule has 0 atom stereocenters. The average molecular weight is 290 g/mol. The Morgan fingerprint density at radius 2 is 1.79 bits per heavy atom. The summed E-state index contributed by atoms with van der Waals surface area (Å²) < 4.78 is 77.2. The van der Waals surface area contributed by atoms with E-state index in [0.29, 0.717) is 6.07 Å². The molecule has 3 N–H and O–H groups in total. The zero-order valence-corrected chi connectivity index (χ0v) is 9.14. The summed E-state index contributed by atoms with van der Waals surface area (Å²) in [6.07, 6.45) is -10.6. The van der Waals surface area contributed by atoms with Gasteiger partial charge in [0.15, 0.2) is 5.69 Å². The highest BCUT2D eigenvalue weighted by Crippen LogP contribution is 2.30. The van der Waals surface area contributed by atoms with Gasteiger partial charge in [0, 0.05) is 6.07 Å². The van der Waals surface area contributed by atoms with Crippen LogP contribution in [0.4, 0.5) is 32.3 Å². The van der Waals surface area contributed by atoms with Crippen molar-refractivity contribution in [2.24, 2.45) is 5.84 Å². The fourth-order valence-electron chi connectivity index (χ4n) is 0.980. The molecule has 0 radical (unpaired) electrons. The van der Waals surface area contributed by atoms with Gasteiger partial charge in [0.25, 0.3) is 0 Å². The largest absolute Gasteiger partial charge is 0.477 e. The van der Waals surface area contributed by atoms with Crippen LogP contribution in [0, 0.1) is 0 Å². The summed E-state index contributed by atoms with van der Waals surface area (Å²) in [6.45, 7) is -0.859. The first-order valence-electron chi connectivity index (χ1n) is 4.74. The van der Waals surface area contributed by atoms with E-state index in [-0.39, 0.29) is 0 Å². The summed E-state index contributed by atoms with van der Waals surface area (Å²) in [7, 11) is 0. The van der Waals surface area contributed by atoms with E-state index in [1.54, 1.807) is 5.43 Å². The fraction of sp³-hybridized carbons (Fsp3) is 0.500. The summed E-state index contributed by atoms with van der Waals surface area (Å²) in [5.74, 6) is 3.58. The van der Waals surface area contributed by atoms with Crippen molar-refractivity contribution in [2.45, 2.75) is 18.8 Å². The third kappa shape index (κ3) is 5.16. The Labute approximate surface area is 102 Å². The van der Waals surface area contributed by atoms with Crippen molar-refractivity contribution in [2.75, 3.05) is 12.0 Å². The van der Waals surface area contributed by atoms with E-state index in [0.717, 1.165) is 0 Å². The van der Waals surface area contributed by atoms with Crippen molar-refractivity contribution in [1.82, 2.24) is 9.97 Å². The molecule has 0 aliphatic rings. The van der Waals surface area contributed by atoms with Crippen LogP contribution in [0.5, 0.6) is 5.88 Å². The number of halogens is 6. The van der Waals surface area contributed by atoms with Crippen LogP contribution in [0.1, 0.15) is 12.1 Å². The normalized spacial score (nSPS) is 12.4. The van der Waals surface area contributed by atoms with E-state index in [4.69, 9.17) is 5.84 Å². The zero-order chi connectivity index (χ0) is 14.7. The minimum absolute atomic E-state index is 0.386. The smallest absolute Gasteiger partial charge is 0.433 e. The Morgan fingerprint density at radius 3 is 2.26 bits per heavy atom. The standard InChI is InChI=1S/C8H8F6N4O/c9-7(10,11)1-2-19-5-3-4(8(12,13)14)16-6(17-5)18-15/h3H,1-2,15H2,(H,16,17,18). The Kier molecular flexibility index (Phi) is 4.39. The molecule has 1 aromatic rings. The van der Waals surface area contributed by atoms with Gasteiger partial charge in [-0.25, -0.2) is 10.8 Å². The molecule has 0 spiro atoms. The number of nitrogen functional groups attached to an aromatic ring is 1. The second-order valence-corrected chi connectivity index (χ2v) is 3.27. The van der Waals surface area contributed by atoms with E-state index >= 15 is 0 Å². The molecule has 0 aromatic carbocycles. The minimum Gasteiger partial charge on any atom is -0.477 e. The second kappa shape index (κ2) is 5.47. The van der Waals surface area contributed by atoms with Crippen molar-refractivity contribution in [3.05, 3.63) is 11.8 Å². The number of rotatable bonds is 4. The van der Waals surface area contributed by atoms with Crippen LogP contribution in [0.15, 0.2) is 6.07 Å². The van der Waals surface area contributed by atoms with E-state index < -0.39 is 42.9 Å². The van der Waals surface area contributed by atoms with Gasteiger partial charge in [-0.2, -0.15) is 31.3 Å². The van der Waals surface area contributed by atoms with Crippen molar-refractivity contribution < 1.29 is 31.1 Å². The van der Waals surface area contributed by atoms with Gasteiger partial charge in [-0.3, -0.25) is 5.43 Å². The Bertz CT molecular complexity index is 432. The maximum atomic E-state index is 12.4. The van der Waals surface area contributed by atoms with Crippen LogP contribution >= 0.6 is 0 Å². The first-order chi connectivity index (χ1) is 8.62. The van der Waals surface area contributed by atoms with Crippen LogP contribution < -0.4 is 16.0 Å². The van der Waals surface area contributed by atoms with Crippen molar-refractivity contribution >= 4 is 5.95 Å². The molecule has 0 saturated carbocycles. The van der Waals surface area contributed by atoms with E-state index in [1.165, 1.54) is 0 Å². The van der Waals surface area contributed by atoms with Gasteiger partial charge in [-0.15, -0.1) is 0 Å². The van der Waals surface area contributed by atoms with Gasteiger partial charge < -0.3 is 4.74 Å². The Hall–Kier alpha value is -1.78. The van der Waals surface area contributed by atoms with Crippen molar-refractivity contribution in [1.29, 1.82) is 0 Å². The number of hydrogen-bond acceptors (Lipinski definition) is 5. The Morgan fingerprint density at radius 1 is 1.16 bits per heavy atom. The molecule has 0 bridgehead atoms. The van der Waals surface area contributed by atoms with E-state index in [2.05, 4.69) is 14.7 Å². The van der Waals surface area contributed by atoms with E-state index in [1.807, 2.05) is 0 Å². The first-order valence-corrected chi connectivity index (χ1v) is 4.74. The molecular weight excluding hydrogens is 282 g/mol. The monoisotopic (exact) mass is 290 g/mol. The molecule has 0 saturated heterocycles. The molecule has 1 aromatic heterocycles. The third-order valence-corrected chi connectivity index (χ3v) is 1.76. The molecule has 1 rings (SSSR count). The zero-order valence-electron chi connectivity index (χ0n) is 9.14. The summed E-state index contributed by atoms with van der Waals surface area (Å²) in [4.78, 5) is 6.35. The SMILES string of the molecule is NNc1nc(OCCC(F)(F)F)cc(C(F)(F)F)n1. The maximum absolute atomic E-state index is 12.4. The summed E-state index contributed by atoms with van der Waals surface area (Å²) in [5, 5.41) is 0. The third-order valence-electron chi connectivity index (χ3n) is 1.76. The summed E-state index contributed by atoms with van der Waals surface area (Å²) >= 11 is 0. The lowest BCUT2D eigenvalue weighted by Gasteiger charge is -2.11. The van der Waals surface area contributed by atoms with Crippen LogP contribution in [0.3, 0.4) is 0 Å². The summed E-state index contributed by atoms with van der Waals surface area (Å²) in [6, 6.07) is 0.386. The fourth-order valence-corrected chi connectivity index (χ4v) is 0.980. The van der Waals surface area contributed by atoms with Gasteiger partial charge in [0.2, 0.25) is 11.8 Å². The Balaban J connectivity index is 2.83. The number of hydrazine groups is 1. The lowest BCUT2D eigenvalue weighted by Crippen LogP contribution is -2.17. The molecule has 5 nitrogen and oxygen atoms in total. The lowest BCUT2D eigenvalue weighted by molar-refractivity contribution is -0.143. The molecule has 0 unspecified atom stereocenters. The topological polar surface area (TPSA) is 73.1 Å². The van der Waals surface area contributed by atoms with Gasteiger partial charge in [0.05, 0.1) is 13.0 Å². The van der Waals surface area contributed by atoms with Crippen LogP contribution in [-0.4, -0.2) is 22.8 Å². The molecule has 19 heavy (non-hydrogen) atoms. The second-order valence-electron chi connectivity index (χ2n) is 3.27. The molecule has 0 aliphatic carbocycles. The minimum atomic E-state index is -4.79. The number of ether oxygens (including phenoxy) is 1. The molecule has 108 valence electrons. The van der Waals surface area contributed by atoms with E-state index in [9.17, 15) is 26.3 Å². The number of aromatic nitrogens is 2. The number of alkyl halides is 6. The molecule has 0 fully saturated rings. The van der Waals surface area contributed by atoms with Crippen LogP contribution in [0.25, 0.3) is 0 Å². The van der Waals surface area contributed by atoms with Crippen LogP contribution in [0.2, 0.25) is 0 Å².